The van der Waals surface area contributed by atoms with Crippen molar-refractivity contribution in [3.05, 3.63) is 29.9 Å². The van der Waals surface area contributed by atoms with Crippen molar-refractivity contribution in [1.82, 2.24) is 0 Å². The van der Waals surface area contributed by atoms with E-state index in [4.69, 9.17) is 5.26 Å². The zero-order valence-corrected chi connectivity index (χ0v) is 5.24. The van der Waals surface area contributed by atoms with Crippen molar-refractivity contribution in [1.29, 1.82) is 5.26 Å². The number of nitriles is 1. The fourth-order valence-corrected chi connectivity index (χ4v) is 0.752. The van der Waals surface area contributed by atoms with Crippen LogP contribution in [-0.2, 0) is 4.79 Å². The van der Waals surface area contributed by atoms with Crippen LogP contribution in [0.4, 0.5) is 0 Å². The van der Waals surface area contributed by atoms with E-state index < -0.39 is 5.92 Å². The summed E-state index contributed by atoms with van der Waals surface area (Å²) in [5.74, 6) is 1.31. The maximum Gasteiger partial charge on any atom is 0.129 e. The van der Waals surface area contributed by atoms with Crippen molar-refractivity contribution in [3.63, 3.8) is 0 Å². The summed E-state index contributed by atoms with van der Waals surface area (Å²) in [4.78, 5) is 10.1. The molecule has 2 heteroatoms. The number of allylic oxidation sites excluding steroid dienone is 5. The van der Waals surface area contributed by atoms with E-state index in [-0.39, 0.29) is 0 Å². The summed E-state index contributed by atoms with van der Waals surface area (Å²) in [6, 6.07) is 1.97. The Labute approximate surface area is 58.8 Å². The molecule has 1 aliphatic carbocycles. The zero-order valence-electron chi connectivity index (χ0n) is 5.24. The fraction of sp³-hybridized carbons (Fsp3) is 0.125. The van der Waals surface area contributed by atoms with Gasteiger partial charge in [0.25, 0.3) is 0 Å². The average Bonchev–Trinajstić information content (AvgIpc) is 2.04. The van der Waals surface area contributed by atoms with Crippen LogP contribution in [0.15, 0.2) is 29.9 Å². The molecule has 1 rings (SSSR count). The second-order valence-corrected chi connectivity index (χ2v) is 1.91. The van der Waals surface area contributed by atoms with Crippen LogP contribution >= 0.6 is 0 Å². The standard InChI is InChI=1S/C8H5NO/c9-5-7-3-1-2-4-8(7)6-10/h1-4,7H. The lowest BCUT2D eigenvalue weighted by molar-refractivity contribution is 0.566. The molecule has 0 aromatic carbocycles. The molecule has 48 valence electrons. The molecule has 0 bridgehead atoms. The molecule has 10 heavy (non-hydrogen) atoms. The topological polar surface area (TPSA) is 40.9 Å². The maximum atomic E-state index is 10.1. The molecule has 0 fully saturated rings. The van der Waals surface area contributed by atoms with Gasteiger partial charge in [-0.3, -0.25) is 0 Å². The molecule has 0 heterocycles. The highest BCUT2D eigenvalue weighted by molar-refractivity contribution is 5.62. The van der Waals surface area contributed by atoms with E-state index in [0.29, 0.717) is 5.57 Å². The van der Waals surface area contributed by atoms with Crippen molar-refractivity contribution in [2.75, 3.05) is 0 Å². The van der Waals surface area contributed by atoms with Gasteiger partial charge in [0.2, 0.25) is 0 Å². The average molecular weight is 131 g/mol. The highest BCUT2D eigenvalue weighted by atomic mass is 16.1. The quantitative estimate of drug-likeness (QED) is 0.460. The van der Waals surface area contributed by atoms with Crippen LogP contribution in [0, 0.1) is 17.2 Å². The maximum absolute atomic E-state index is 10.1. The summed E-state index contributed by atoms with van der Waals surface area (Å²) >= 11 is 0. The van der Waals surface area contributed by atoms with Crippen molar-refractivity contribution < 1.29 is 4.79 Å². The molecule has 0 saturated carbocycles. The van der Waals surface area contributed by atoms with E-state index in [2.05, 4.69) is 0 Å². The highest BCUT2D eigenvalue weighted by Gasteiger charge is 2.09. The Kier molecular flexibility index (Phi) is 1.84. The summed E-state index contributed by atoms with van der Waals surface area (Å²) in [6.07, 6.45) is 6.73. The molecular weight excluding hydrogens is 126 g/mol. The largest absolute Gasteiger partial charge is 0.233 e. The zero-order chi connectivity index (χ0) is 7.40. The minimum absolute atomic E-state index is 0.400. The predicted molar refractivity (Wildman–Crippen MR) is 36.6 cm³/mol. The third-order valence-corrected chi connectivity index (χ3v) is 1.28. The molecular formula is C8H5NO. The molecule has 0 radical (unpaired) electrons. The van der Waals surface area contributed by atoms with Crippen molar-refractivity contribution in [2.45, 2.75) is 0 Å². The van der Waals surface area contributed by atoms with E-state index >= 15 is 0 Å². The second-order valence-electron chi connectivity index (χ2n) is 1.91. The molecule has 1 aliphatic rings. The number of carbonyl (C=O) groups excluding carboxylic acids is 1. The van der Waals surface area contributed by atoms with E-state index in [0.717, 1.165) is 0 Å². The van der Waals surface area contributed by atoms with E-state index in [1.807, 2.05) is 6.07 Å². The lowest BCUT2D eigenvalue weighted by atomic mass is 9.98. The van der Waals surface area contributed by atoms with Crippen LogP contribution in [0.3, 0.4) is 0 Å². The molecule has 0 aliphatic heterocycles. The third kappa shape index (κ3) is 1.05. The van der Waals surface area contributed by atoms with Gasteiger partial charge in [0, 0.05) is 0 Å². The van der Waals surface area contributed by atoms with Crippen LogP contribution in [0.2, 0.25) is 0 Å². The van der Waals surface area contributed by atoms with Gasteiger partial charge in [-0.25, -0.2) is 4.79 Å². The Morgan fingerprint density at radius 2 is 2.30 bits per heavy atom. The number of hydrogen-bond acceptors (Lipinski definition) is 2. The highest BCUT2D eigenvalue weighted by Crippen LogP contribution is 2.14. The van der Waals surface area contributed by atoms with Gasteiger partial charge in [0.1, 0.15) is 11.9 Å². The normalized spacial score (nSPS) is 21.9. The van der Waals surface area contributed by atoms with Crippen LogP contribution in [0.1, 0.15) is 0 Å². The molecule has 1 unspecified atom stereocenters. The molecule has 2 nitrogen and oxygen atoms in total. The molecule has 1 atom stereocenters. The van der Waals surface area contributed by atoms with Gasteiger partial charge in [-0.05, 0) is 6.08 Å². The summed E-state index contributed by atoms with van der Waals surface area (Å²) in [5.41, 5.74) is 0.407. The Morgan fingerprint density at radius 1 is 1.50 bits per heavy atom. The minimum atomic E-state index is -0.400. The molecule has 0 amide bonds. The van der Waals surface area contributed by atoms with Gasteiger partial charge in [-0.15, -0.1) is 0 Å². The van der Waals surface area contributed by atoms with Crippen molar-refractivity contribution in [2.24, 2.45) is 5.92 Å². The number of rotatable bonds is 0. The smallest absolute Gasteiger partial charge is 0.129 e. The second kappa shape index (κ2) is 2.82. The van der Waals surface area contributed by atoms with Crippen LogP contribution in [0.25, 0.3) is 0 Å². The first-order chi connectivity index (χ1) is 4.88. The van der Waals surface area contributed by atoms with Gasteiger partial charge >= 0.3 is 0 Å². The molecule has 0 saturated heterocycles. The van der Waals surface area contributed by atoms with Crippen molar-refractivity contribution >= 4 is 5.94 Å². The Bertz CT molecular complexity index is 274. The molecule has 0 aromatic heterocycles. The lowest BCUT2D eigenvalue weighted by Crippen LogP contribution is -1.98. The Balaban J connectivity index is 2.98. The summed E-state index contributed by atoms with van der Waals surface area (Å²) in [6.45, 7) is 0. The van der Waals surface area contributed by atoms with Crippen molar-refractivity contribution in [3.8, 4) is 6.07 Å². The van der Waals surface area contributed by atoms with Crippen LogP contribution in [-0.4, -0.2) is 5.94 Å². The summed E-state index contributed by atoms with van der Waals surface area (Å²) < 4.78 is 0. The van der Waals surface area contributed by atoms with E-state index in [9.17, 15) is 4.79 Å². The van der Waals surface area contributed by atoms with E-state index in [1.54, 1.807) is 30.2 Å². The number of nitrogens with zero attached hydrogens (tertiary/aromatic N) is 1. The summed E-state index contributed by atoms with van der Waals surface area (Å²) in [7, 11) is 0. The van der Waals surface area contributed by atoms with Gasteiger partial charge in [-0.1, -0.05) is 18.2 Å². The number of hydrogen-bond donors (Lipinski definition) is 0. The summed E-state index contributed by atoms with van der Waals surface area (Å²) in [5, 5.41) is 8.46. The Hall–Kier alpha value is -1.58. The van der Waals surface area contributed by atoms with Gasteiger partial charge in [0.05, 0.1) is 11.6 Å². The van der Waals surface area contributed by atoms with Crippen LogP contribution < -0.4 is 0 Å². The van der Waals surface area contributed by atoms with Crippen LogP contribution in [0.5, 0.6) is 0 Å². The minimum Gasteiger partial charge on any atom is -0.233 e. The third-order valence-electron chi connectivity index (χ3n) is 1.28. The first-order valence-electron chi connectivity index (χ1n) is 2.88. The predicted octanol–water partition coefficient (Wildman–Crippen LogP) is 1.01. The Morgan fingerprint density at radius 3 is 2.80 bits per heavy atom. The first-order valence-corrected chi connectivity index (χ1v) is 2.88. The van der Waals surface area contributed by atoms with Gasteiger partial charge in [0.15, 0.2) is 0 Å². The lowest BCUT2D eigenvalue weighted by Gasteiger charge is -2.02. The monoisotopic (exact) mass is 131 g/mol. The van der Waals surface area contributed by atoms with Gasteiger partial charge < -0.3 is 0 Å². The molecule has 0 aromatic rings. The van der Waals surface area contributed by atoms with Gasteiger partial charge in [-0.2, -0.15) is 5.26 Å². The molecule has 0 N–H and O–H groups in total. The van der Waals surface area contributed by atoms with E-state index in [1.165, 1.54) is 0 Å². The SMILES string of the molecule is N#CC1C=CC=CC1=C=O. The first kappa shape index (κ1) is 6.54. The fourth-order valence-electron chi connectivity index (χ4n) is 0.752. The molecule has 0 spiro atoms.